The first kappa shape index (κ1) is 19.5. The maximum absolute atomic E-state index is 13.3. The van der Waals surface area contributed by atoms with E-state index in [4.69, 9.17) is 0 Å². The predicted molar refractivity (Wildman–Crippen MR) is 118 cm³/mol. The molecule has 3 aromatic carbocycles. The summed E-state index contributed by atoms with van der Waals surface area (Å²) in [4.78, 5) is 14.0. The molecule has 0 spiro atoms. The van der Waals surface area contributed by atoms with Crippen LogP contribution in [0.25, 0.3) is 11.1 Å². The van der Waals surface area contributed by atoms with Gasteiger partial charge in [-0.05, 0) is 30.0 Å². The van der Waals surface area contributed by atoms with Gasteiger partial charge in [0.1, 0.15) is 6.54 Å². The average Bonchev–Trinajstić information content (AvgIpc) is 2.73. The topological polar surface area (TPSA) is 66.5 Å². The quantitative estimate of drug-likeness (QED) is 0.607. The van der Waals surface area contributed by atoms with Gasteiger partial charge in [-0.2, -0.15) is 0 Å². The summed E-state index contributed by atoms with van der Waals surface area (Å²) in [6.45, 7) is 1.75. The Balaban J connectivity index is 1.68. The Bertz CT molecular complexity index is 1180. The lowest BCUT2D eigenvalue weighted by Crippen LogP contribution is -2.40. The maximum Gasteiger partial charge on any atom is 0.265 e. The Morgan fingerprint density at radius 3 is 2.38 bits per heavy atom. The Kier molecular flexibility index (Phi) is 5.34. The summed E-state index contributed by atoms with van der Waals surface area (Å²) in [6, 6.07) is 21.7. The zero-order chi connectivity index (χ0) is 20.4. The van der Waals surface area contributed by atoms with E-state index in [1.807, 2.05) is 49.4 Å². The highest BCUT2D eigenvalue weighted by molar-refractivity contribution is 7.99. The second-order valence-corrected chi connectivity index (χ2v) is 9.64. The van der Waals surface area contributed by atoms with E-state index in [2.05, 4.69) is 5.32 Å². The van der Waals surface area contributed by atoms with E-state index in [0.29, 0.717) is 16.9 Å². The molecule has 0 radical (unpaired) electrons. The highest BCUT2D eigenvalue weighted by Crippen LogP contribution is 2.42. The Labute approximate surface area is 174 Å². The smallest absolute Gasteiger partial charge is 0.265 e. The van der Waals surface area contributed by atoms with Gasteiger partial charge in [0.05, 0.1) is 16.3 Å². The molecular formula is C22H20N2O3S2. The van der Waals surface area contributed by atoms with Gasteiger partial charge in [0.15, 0.2) is 0 Å². The van der Waals surface area contributed by atoms with Crippen LogP contribution in [0.5, 0.6) is 0 Å². The number of benzene rings is 3. The van der Waals surface area contributed by atoms with Gasteiger partial charge in [0.25, 0.3) is 10.0 Å². The summed E-state index contributed by atoms with van der Waals surface area (Å²) in [7, 11) is -3.84. The van der Waals surface area contributed by atoms with Crippen LogP contribution in [0.4, 0.5) is 11.4 Å². The monoisotopic (exact) mass is 424 g/mol. The first-order valence-electron chi connectivity index (χ1n) is 9.25. The lowest BCUT2D eigenvalue weighted by Gasteiger charge is -2.31. The van der Waals surface area contributed by atoms with E-state index in [9.17, 15) is 13.2 Å². The van der Waals surface area contributed by atoms with Crippen LogP contribution in [0.15, 0.2) is 82.6 Å². The zero-order valence-electron chi connectivity index (χ0n) is 15.8. The van der Waals surface area contributed by atoms with Crippen molar-refractivity contribution in [1.29, 1.82) is 0 Å². The number of carbonyl (C=O) groups excluding carboxylic acids is 1. The highest BCUT2D eigenvalue weighted by Gasteiger charge is 2.35. The van der Waals surface area contributed by atoms with Crippen molar-refractivity contribution in [3.63, 3.8) is 0 Å². The van der Waals surface area contributed by atoms with E-state index in [1.54, 1.807) is 42.1 Å². The van der Waals surface area contributed by atoms with Crippen molar-refractivity contribution >= 4 is 39.1 Å². The molecule has 0 saturated carbocycles. The molecule has 0 bridgehead atoms. The van der Waals surface area contributed by atoms with Crippen molar-refractivity contribution in [1.82, 2.24) is 0 Å². The minimum atomic E-state index is -3.84. The number of rotatable bonds is 5. The molecule has 0 atom stereocenters. The number of nitrogens with one attached hydrogen (secondary N) is 1. The molecule has 29 heavy (non-hydrogen) atoms. The number of hydrogen-bond donors (Lipinski definition) is 1. The first-order chi connectivity index (χ1) is 14.0. The number of para-hydroxylation sites is 2. The number of hydrogen-bond acceptors (Lipinski definition) is 4. The number of carbonyl (C=O) groups is 1. The van der Waals surface area contributed by atoms with Crippen LogP contribution < -0.4 is 9.62 Å². The average molecular weight is 425 g/mol. The molecular weight excluding hydrogens is 404 g/mol. The van der Waals surface area contributed by atoms with Gasteiger partial charge in [-0.15, -0.1) is 11.8 Å². The van der Waals surface area contributed by atoms with Gasteiger partial charge in [0, 0.05) is 16.0 Å². The third kappa shape index (κ3) is 3.63. The maximum atomic E-state index is 13.3. The molecule has 5 nitrogen and oxygen atoms in total. The summed E-state index contributed by atoms with van der Waals surface area (Å²) in [6.07, 6.45) is 0. The largest absolute Gasteiger partial charge is 0.323 e. The number of amides is 1. The van der Waals surface area contributed by atoms with Crippen LogP contribution in [0.3, 0.4) is 0 Å². The third-order valence-electron chi connectivity index (χ3n) is 4.67. The third-order valence-corrected chi connectivity index (χ3v) is 7.44. The Morgan fingerprint density at radius 2 is 1.59 bits per heavy atom. The molecule has 1 N–H and O–H groups in total. The molecule has 1 amide bonds. The fourth-order valence-electron chi connectivity index (χ4n) is 3.42. The number of sulfonamides is 1. The summed E-state index contributed by atoms with van der Waals surface area (Å²) < 4.78 is 27.7. The van der Waals surface area contributed by atoms with Crippen molar-refractivity contribution in [2.75, 3.05) is 21.9 Å². The molecule has 1 aliphatic rings. The van der Waals surface area contributed by atoms with E-state index in [0.717, 1.165) is 16.2 Å². The Morgan fingerprint density at radius 1 is 0.931 bits per heavy atom. The number of anilines is 2. The van der Waals surface area contributed by atoms with Crippen molar-refractivity contribution in [3.8, 4) is 11.1 Å². The first-order valence-corrected chi connectivity index (χ1v) is 11.7. The summed E-state index contributed by atoms with van der Waals surface area (Å²) in [5.74, 6) is 0.490. The highest BCUT2D eigenvalue weighted by atomic mass is 32.2. The van der Waals surface area contributed by atoms with E-state index < -0.39 is 10.0 Å². The van der Waals surface area contributed by atoms with E-state index in [-0.39, 0.29) is 17.3 Å². The fraction of sp³-hybridized carbons (Fsp3) is 0.136. The normalized spacial score (nSPS) is 14.0. The lowest BCUT2D eigenvalue weighted by molar-refractivity contribution is -0.114. The second kappa shape index (κ2) is 7.93. The molecule has 4 rings (SSSR count). The minimum absolute atomic E-state index is 0.216. The van der Waals surface area contributed by atoms with Gasteiger partial charge < -0.3 is 5.32 Å². The molecule has 7 heteroatoms. The van der Waals surface area contributed by atoms with Crippen LogP contribution >= 0.6 is 11.8 Å². The number of nitrogens with zero attached hydrogens (tertiary/aromatic N) is 1. The predicted octanol–water partition coefficient (Wildman–Crippen LogP) is 4.61. The zero-order valence-corrected chi connectivity index (χ0v) is 17.5. The van der Waals surface area contributed by atoms with Gasteiger partial charge >= 0.3 is 0 Å². The lowest BCUT2D eigenvalue weighted by atomic mass is 10.0. The summed E-state index contributed by atoms with van der Waals surface area (Å²) in [5.41, 5.74) is 2.65. The van der Waals surface area contributed by atoms with Crippen LogP contribution in [0.2, 0.25) is 0 Å². The molecule has 1 heterocycles. The molecule has 3 aromatic rings. The SMILES string of the molecule is CCSc1ccccc1NC(=O)CN1c2ccccc2-c2ccccc2S1(=O)=O. The van der Waals surface area contributed by atoms with Crippen LogP contribution in [0, 0.1) is 0 Å². The minimum Gasteiger partial charge on any atom is -0.323 e. The van der Waals surface area contributed by atoms with Crippen LogP contribution in [-0.2, 0) is 14.8 Å². The van der Waals surface area contributed by atoms with Gasteiger partial charge in [0.2, 0.25) is 5.91 Å². The van der Waals surface area contributed by atoms with E-state index >= 15 is 0 Å². The molecule has 0 unspecified atom stereocenters. The van der Waals surface area contributed by atoms with Crippen molar-refractivity contribution in [2.45, 2.75) is 16.7 Å². The molecule has 0 aromatic heterocycles. The van der Waals surface area contributed by atoms with Gasteiger partial charge in [-0.25, -0.2) is 8.42 Å². The van der Waals surface area contributed by atoms with Gasteiger partial charge in [-0.3, -0.25) is 9.10 Å². The summed E-state index contributed by atoms with van der Waals surface area (Å²) >= 11 is 1.62. The molecule has 148 valence electrons. The van der Waals surface area contributed by atoms with Gasteiger partial charge in [-0.1, -0.05) is 55.5 Å². The standard InChI is InChI=1S/C22H20N2O3S2/c1-2-28-20-13-7-5-11-18(20)23-22(25)15-24-19-12-6-3-9-16(19)17-10-4-8-14-21(17)29(24,26)27/h3-14H,2,15H2,1H3,(H,23,25). The molecule has 0 aliphatic carbocycles. The molecule has 1 aliphatic heterocycles. The van der Waals surface area contributed by atoms with E-state index in [1.165, 1.54) is 4.31 Å². The van der Waals surface area contributed by atoms with Crippen molar-refractivity contribution in [3.05, 3.63) is 72.8 Å². The Hall–Kier alpha value is -2.77. The van der Waals surface area contributed by atoms with Crippen molar-refractivity contribution < 1.29 is 13.2 Å². The summed E-state index contributed by atoms with van der Waals surface area (Å²) in [5, 5.41) is 2.87. The van der Waals surface area contributed by atoms with Crippen molar-refractivity contribution in [2.24, 2.45) is 0 Å². The molecule has 0 saturated heterocycles. The second-order valence-electron chi connectivity index (χ2n) is 6.50. The van der Waals surface area contributed by atoms with Crippen LogP contribution in [0.1, 0.15) is 6.92 Å². The fourth-order valence-corrected chi connectivity index (χ4v) is 5.83. The van der Waals surface area contributed by atoms with Crippen LogP contribution in [-0.4, -0.2) is 26.6 Å². The number of thioether (sulfide) groups is 1. The molecule has 0 fully saturated rings. The number of fused-ring (bicyclic) bond motifs is 3.